The molecule has 0 radical (unpaired) electrons. The zero-order valence-corrected chi connectivity index (χ0v) is 10.7. The Morgan fingerprint density at radius 1 is 0.650 bits per heavy atom. The molecule has 3 aromatic carbocycles. The lowest BCUT2D eigenvalue weighted by Gasteiger charge is -2.09. The number of hydrogen-bond acceptors (Lipinski definition) is 2. The second-order valence-corrected chi connectivity index (χ2v) is 4.48. The fraction of sp³-hybridized carbons (Fsp3) is 0. The molecule has 0 saturated heterocycles. The van der Waals surface area contributed by atoms with Crippen LogP contribution in [0.15, 0.2) is 60.7 Å². The summed E-state index contributed by atoms with van der Waals surface area (Å²) < 4.78 is 0. The highest BCUT2D eigenvalue weighted by atomic mass is 14.3. The van der Waals surface area contributed by atoms with Crippen molar-refractivity contribution in [2.45, 2.75) is 0 Å². The highest BCUT2D eigenvalue weighted by Crippen LogP contribution is 2.31. The van der Waals surface area contributed by atoms with E-state index in [4.69, 9.17) is 5.26 Å². The first-order valence-electron chi connectivity index (χ1n) is 6.26. The third-order valence-electron chi connectivity index (χ3n) is 3.38. The minimum Gasteiger partial charge on any atom is -0.192 e. The Morgan fingerprint density at radius 3 is 2.15 bits per heavy atom. The highest BCUT2D eigenvalue weighted by molar-refractivity contribution is 5.98. The molecule has 0 saturated carbocycles. The molecule has 0 aliphatic carbocycles. The van der Waals surface area contributed by atoms with E-state index in [9.17, 15) is 5.26 Å². The normalized spacial score (nSPS) is 9.90. The highest BCUT2D eigenvalue weighted by Gasteiger charge is 2.11. The number of rotatable bonds is 1. The van der Waals surface area contributed by atoms with Gasteiger partial charge in [0.05, 0.1) is 11.1 Å². The molecule has 0 atom stereocenters. The van der Waals surface area contributed by atoms with E-state index in [0.29, 0.717) is 11.1 Å². The van der Waals surface area contributed by atoms with Crippen molar-refractivity contribution in [2.24, 2.45) is 0 Å². The Morgan fingerprint density at radius 2 is 1.35 bits per heavy atom. The van der Waals surface area contributed by atoms with Crippen LogP contribution in [0.4, 0.5) is 0 Å². The molecule has 2 heteroatoms. The van der Waals surface area contributed by atoms with Gasteiger partial charge < -0.3 is 0 Å². The molecule has 0 unspecified atom stereocenters. The first kappa shape index (κ1) is 12.0. The predicted octanol–water partition coefficient (Wildman–Crippen LogP) is 4.25. The predicted molar refractivity (Wildman–Crippen MR) is 78.8 cm³/mol. The number of hydrogen-bond donors (Lipinski definition) is 0. The van der Waals surface area contributed by atoms with Crippen molar-refractivity contribution in [2.75, 3.05) is 0 Å². The number of nitriles is 2. The Bertz CT molecular complexity index is 875. The summed E-state index contributed by atoms with van der Waals surface area (Å²) in [4.78, 5) is 0. The van der Waals surface area contributed by atoms with Crippen LogP contribution in [0.5, 0.6) is 0 Å². The van der Waals surface area contributed by atoms with Gasteiger partial charge in [-0.2, -0.15) is 10.5 Å². The average Bonchev–Trinajstić information content (AvgIpc) is 2.53. The van der Waals surface area contributed by atoms with Gasteiger partial charge in [-0.1, -0.05) is 54.6 Å². The lowest BCUT2D eigenvalue weighted by atomic mass is 9.93. The van der Waals surface area contributed by atoms with Crippen LogP contribution >= 0.6 is 0 Å². The Balaban J connectivity index is 2.39. The van der Waals surface area contributed by atoms with E-state index in [1.807, 2.05) is 54.6 Å². The average molecular weight is 254 g/mol. The summed E-state index contributed by atoms with van der Waals surface area (Å²) in [5.74, 6) is 0. The Kier molecular flexibility index (Phi) is 2.92. The summed E-state index contributed by atoms with van der Waals surface area (Å²) in [6, 6.07) is 23.7. The molecule has 0 bridgehead atoms. The van der Waals surface area contributed by atoms with E-state index in [-0.39, 0.29) is 0 Å². The van der Waals surface area contributed by atoms with E-state index in [2.05, 4.69) is 12.1 Å². The van der Waals surface area contributed by atoms with E-state index >= 15 is 0 Å². The molecular weight excluding hydrogens is 244 g/mol. The molecule has 3 aromatic rings. The monoisotopic (exact) mass is 254 g/mol. The molecule has 92 valence electrons. The van der Waals surface area contributed by atoms with Gasteiger partial charge in [-0.3, -0.25) is 0 Å². The molecule has 3 rings (SSSR count). The molecule has 2 nitrogen and oxygen atoms in total. The van der Waals surface area contributed by atoms with Crippen LogP contribution in [0.3, 0.4) is 0 Å². The lowest BCUT2D eigenvalue weighted by Crippen LogP contribution is -1.90. The maximum absolute atomic E-state index is 9.36. The second-order valence-electron chi connectivity index (χ2n) is 4.48. The maximum Gasteiger partial charge on any atom is 0.101 e. The van der Waals surface area contributed by atoms with Crippen LogP contribution in [0.25, 0.3) is 21.9 Å². The molecular formula is C18H10N2. The Hall–Kier alpha value is -3.10. The quantitative estimate of drug-likeness (QED) is 0.651. The van der Waals surface area contributed by atoms with Gasteiger partial charge in [0.1, 0.15) is 12.1 Å². The van der Waals surface area contributed by atoms with Crippen LogP contribution in [0, 0.1) is 22.7 Å². The van der Waals surface area contributed by atoms with Crippen molar-refractivity contribution in [1.82, 2.24) is 0 Å². The summed E-state index contributed by atoms with van der Waals surface area (Å²) in [6.07, 6.45) is 0. The van der Waals surface area contributed by atoms with Crippen molar-refractivity contribution in [1.29, 1.82) is 10.5 Å². The molecule has 0 N–H and O–H groups in total. The fourth-order valence-corrected chi connectivity index (χ4v) is 2.45. The van der Waals surface area contributed by atoms with Crippen LogP contribution in [-0.2, 0) is 0 Å². The summed E-state index contributed by atoms with van der Waals surface area (Å²) in [7, 11) is 0. The van der Waals surface area contributed by atoms with Crippen LogP contribution in [0.1, 0.15) is 11.1 Å². The second kappa shape index (κ2) is 4.88. The van der Waals surface area contributed by atoms with Gasteiger partial charge in [-0.15, -0.1) is 0 Å². The maximum atomic E-state index is 9.36. The molecule has 0 aromatic heterocycles. The van der Waals surface area contributed by atoms with Gasteiger partial charge in [0.25, 0.3) is 0 Å². The molecule has 20 heavy (non-hydrogen) atoms. The summed E-state index contributed by atoms with van der Waals surface area (Å²) in [6.45, 7) is 0. The number of nitrogens with zero attached hydrogens (tertiary/aromatic N) is 2. The van der Waals surface area contributed by atoms with Crippen LogP contribution in [0.2, 0.25) is 0 Å². The van der Waals surface area contributed by atoms with Gasteiger partial charge in [0, 0.05) is 5.56 Å². The van der Waals surface area contributed by atoms with Crippen molar-refractivity contribution in [3.8, 4) is 23.3 Å². The number of fused-ring (bicyclic) bond motifs is 1. The molecule has 0 fully saturated rings. The van der Waals surface area contributed by atoms with Crippen molar-refractivity contribution >= 4 is 10.8 Å². The third-order valence-corrected chi connectivity index (χ3v) is 3.38. The van der Waals surface area contributed by atoms with Gasteiger partial charge in [-0.05, 0) is 22.4 Å². The molecule has 0 aliphatic heterocycles. The standard InChI is InChI=1S/C18H10N2/c19-11-14-7-4-10-17(18(14)12-20)16-9-3-6-13-5-1-2-8-15(13)16/h1-10H. The summed E-state index contributed by atoms with van der Waals surface area (Å²) in [5, 5.41) is 20.7. The smallest absolute Gasteiger partial charge is 0.101 e. The van der Waals surface area contributed by atoms with Gasteiger partial charge in [0.15, 0.2) is 0 Å². The molecule has 0 aliphatic rings. The zero-order valence-electron chi connectivity index (χ0n) is 10.7. The largest absolute Gasteiger partial charge is 0.192 e. The van der Waals surface area contributed by atoms with Crippen LogP contribution < -0.4 is 0 Å². The van der Waals surface area contributed by atoms with E-state index < -0.39 is 0 Å². The van der Waals surface area contributed by atoms with E-state index in [0.717, 1.165) is 21.9 Å². The van der Waals surface area contributed by atoms with Gasteiger partial charge in [-0.25, -0.2) is 0 Å². The van der Waals surface area contributed by atoms with Gasteiger partial charge >= 0.3 is 0 Å². The molecule has 0 amide bonds. The van der Waals surface area contributed by atoms with Crippen LogP contribution in [-0.4, -0.2) is 0 Å². The summed E-state index contributed by atoms with van der Waals surface area (Å²) >= 11 is 0. The zero-order chi connectivity index (χ0) is 13.9. The Labute approximate surface area is 117 Å². The minimum atomic E-state index is 0.415. The van der Waals surface area contributed by atoms with Crippen molar-refractivity contribution in [3.05, 3.63) is 71.8 Å². The topological polar surface area (TPSA) is 47.6 Å². The van der Waals surface area contributed by atoms with Crippen molar-refractivity contribution < 1.29 is 0 Å². The SMILES string of the molecule is N#Cc1cccc(-c2cccc3ccccc23)c1C#N. The molecule has 0 spiro atoms. The van der Waals surface area contributed by atoms with E-state index in [1.54, 1.807) is 6.07 Å². The molecule has 0 heterocycles. The third kappa shape index (κ3) is 1.81. The minimum absolute atomic E-state index is 0.415. The van der Waals surface area contributed by atoms with Crippen molar-refractivity contribution in [3.63, 3.8) is 0 Å². The van der Waals surface area contributed by atoms with E-state index in [1.165, 1.54) is 0 Å². The van der Waals surface area contributed by atoms with Gasteiger partial charge in [0.2, 0.25) is 0 Å². The lowest BCUT2D eigenvalue weighted by molar-refractivity contribution is 1.43. The fourth-order valence-electron chi connectivity index (χ4n) is 2.45. The number of benzene rings is 3. The summed E-state index contributed by atoms with van der Waals surface area (Å²) in [5.41, 5.74) is 2.64. The first-order valence-corrected chi connectivity index (χ1v) is 6.26. The first-order chi connectivity index (χ1) is 9.85.